The van der Waals surface area contributed by atoms with E-state index in [0.29, 0.717) is 13.0 Å². The van der Waals surface area contributed by atoms with Crippen molar-refractivity contribution in [2.75, 3.05) is 6.61 Å². The van der Waals surface area contributed by atoms with Crippen molar-refractivity contribution in [3.8, 4) is 5.75 Å². The molecule has 25 heavy (non-hydrogen) atoms. The molecule has 0 unspecified atom stereocenters. The van der Waals surface area contributed by atoms with Crippen LogP contribution in [-0.2, 0) is 11.2 Å². The Morgan fingerprint density at radius 3 is 2.72 bits per heavy atom. The lowest BCUT2D eigenvalue weighted by Crippen LogP contribution is -2.20. The fourth-order valence-corrected chi connectivity index (χ4v) is 2.87. The summed E-state index contributed by atoms with van der Waals surface area (Å²) in [6.45, 7) is 6.80. The number of amides is 1. The number of nitrogens with one attached hydrogen (secondary N) is 1. The molecule has 0 bridgehead atoms. The third kappa shape index (κ3) is 6.02. The molecule has 0 saturated heterocycles. The maximum absolute atomic E-state index is 12.0. The summed E-state index contributed by atoms with van der Waals surface area (Å²) in [5.74, 6) is 0.669. The van der Waals surface area contributed by atoms with Gasteiger partial charge in [-0.25, -0.2) is 5.43 Å². The average molecular weight is 403 g/mol. The second-order valence-corrected chi connectivity index (χ2v) is 6.79. The van der Waals surface area contributed by atoms with E-state index in [1.54, 1.807) is 6.21 Å². The molecule has 0 radical (unpaired) electrons. The van der Waals surface area contributed by atoms with Crippen LogP contribution in [0.1, 0.15) is 35.6 Å². The molecule has 2 aromatic rings. The molecule has 0 aliphatic carbocycles. The summed E-state index contributed by atoms with van der Waals surface area (Å²) in [4.78, 5) is 12.0. The summed E-state index contributed by atoms with van der Waals surface area (Å²) in [6, 6.07) is 11.8. The number of nitrogens with zero attached hydrogens (tertiary/aromatic N) is 1. The summed E-state index contributed by atoms with van der Waals surface area (Å²) in [5, 5.41) is 4.03. The molecular formula is C20H23BrN2O2. The molecule has 0 saturated carbocycles. The van der Waals surface area contributed by atoms with Gasteiger partial charge in [0.2, 0.25) is 5.91 Å². The molecule has 1 amide bonds. The number of rotatable bonds is 7. The molecule has 0 aliphatic rings. The van der Waals surface area contributed by atoms with Crippen LogP contribution in [-0.4, -0.2) is 18.7 Å². The van der Waals surface area contributed by atoms with Gasteiger partial charge >= 0.3 is 0 Å². The van der Waals surface area contributed by atoms with Crippen LogP contribution in [0.25, 0.3) is 0 Å². The van der Waals surface area contributed by atoms with Crippen molar-refractivity contribution in [2.45, 2.75) is 33.6 Å². The fourth-order valence-electron chi connectivity index (χ4n) is 2.36. The molecule has 0 heterocycles. The summed E-state index contributed by atoms with van der Waals surface area (Å²) in [6.07, 6.45) is 2.90. The second-order valence-electron chi connectivity index (χ2n) is 5.94. The zero-order chi connectivity index (χ0) is 18.2. The lowest BCUT2D eigenvalue weighted by atomic mass is 10.0. The first-order chi connectivity index (χ1) is 12.0. The van der Waals surface area contributed by atoms with E-state index in [1.165, 1.54) is 5.56 Å². The van der Waals surface area contributed by atoms with E-state index in [4.69, 9.17) is 4.74 Å². The van der Waals surface area contributed by atoms with Gasteiger partial charge < -0.3 is 4.74 Å². The summed E-state index contributed by atoms with van der Waals surface area (Å²) in [5.41, 5.74) is 6.77. The van der Waals surface area contributed by atoms with Crippen molar-refractivity contribution in [1.29, 1.82) is 0 Å². The summed E-state index contributed by atoms with van der Waals surface area (Å²) in [7, 11) is 0. The van der Waals surface area contributed by atoms with Gasteiger partial charge in [0.25, 0.3) is 0 Å². The second kappa shape index (κ2) is 9.37. The van der Waals surface area contributed by atoms with Crippen LogP contribution in [0.15, 0.2) is 46.0 Å². The van der Waals surface area contributed by atoms with Crippen LogP contribution in [0.3, 0.4) is 0 Å². The molecule has 1 N–H and O–H groups in total. The molecule has 0 aromatic heterocycles. The third-order valence-corrected chi connectivity index (χ3v) is 4.29. The maximum Gasteiger partial charge on any atom is 0.244 e. The van der Waals surface area contributed by atoms with Crippen LogP contribution in [0, 0.1) is 13.8 Å². The molecule has 0 fully saturated rings. The van der Waals surface area contributed by atoms with E-state index in [9.17, 15) is 4.79 Å². The standard InChI is InChI=1S/C20H23BrN2O2/c1-4-9-25-19-8-6-16(11-18(19)21)13-22-23-20(24)12-17-7-5-14(2)10-15(17)3/h5-8,10-11,13H,4,9,12H2,1-3H3,(H,23,24)/b22-13-. The zero-order valence-corrected chi connectivity index (χ0v) is 16.4. The van der Waals surface area contributed by atoms with Gasteiger partial charge in [0.05, 0.1) is 23.7 Å². The first-order valence-corrected chi connectivity index (χ1v) is 9.09. The van der Waals surface area contributed by atoms with Crippen LogP contribution in [0.5, 0.6) is 5.75 Å². The van der Waals surface area contributed by atoms with Crippen LogP contribution in [0.4, 0.5) is 0 Å². The van der Waals surface area contributed by atoms with E-state index in [0.717, 1.165) is 33.3 Å². The molecule has 0 spiro atoms. The molecule has 2 aromatic carbocycles. The third-order valence-electron chi connectivity index (χ3n) is 3.67. The van der Waals surface area contributed by atoms with Crippen molar-refractivity contribution >= 4 is 28.1 Å². The first kappa shape index (κ1) is 19.2. The number of benzene rings is 2. The highest BCUT2D eigenvalue weighted by atomic mass is 79.9. The maximum atomic E-state index is 12.0. The predicted octanol–water partition coefficient (Wildman–Crippen LogP) is 4.55. The minimum atomic E-state index is -0.134. The Hall–Kier alpha value is -2.14. The fraction of sp³-hybridized carbons (Fsp3) is 0.300. The smallest absolute Gasteiger partial charge is 0.244 e. The Balaban J connectivity index is 1.91. The largest absolute Gasteiger partial charge is 0.492 e. The minimum Gasteiger partial charge on any atom is -0.492 e. The highest BCUT2D eigenvalue weighted by Gasteiger charge is 2.05. The van der Waals surface area contributed by atoms with Crippen molar-refractivity contribution in [1.82, 2.24) is 5.43 Å². The molecule has 0 atom stereocenters. The topological polar surface area (TPSA) is 50.7 Å². The highest BCUT2D eigenvalue weighted by Crippen LogP contribution is 2.25. The van der Waals surface area contributed by atoms with Gasteiger partial charge in [-0.15, -0.1) is 0 Å². The van der Waals surface area contributed by atoms with Gasteiger partial charge in [0.15, 0.2) is 0 Å². The van der Waals surface area contributed by atoms with E-state index in [1.807, 2.05) is 44.2 Å². The zero-order valence-electron chi connectivity index (χ0n) is 14.8. The number of hydrazone groups is 1. The number of hydrogen-bond acceptors (Lipinski definition) is 3. The number of hydrogen-bond donors (Lipinski definition) is 1. The Morgan fingerprint density at radius 2 is 2.04 bits per heavy atom. The van der Waals surface area contributed by atoms with Gasteiger partial charge in [-0.3, -0.25) is 4.79 Å². The number of carbonyl (C=O) groups is 1. The van der Waals surface area contributed by atoms with Crippen molar-refractivity contribution < 1.29 is 9.53 Å². The van der Waals surface area contributed by atoms with Crippen LogP contribution in [0.2, 0.25) is 0 Å². The van der Waals surface area contributed by atoms with Gasteiger partial charge in [-0.1, -0.05) is 30.7 Å². The van der Waals surface area contributed by atoms with E-state index < -0.39 is 0 Å². The minimum absolute atomic E-state index is 0.134. The number of halogens is 1. The van der Waals surface area contributed by atoms with Gasteiger partial charge in [0.1, 0.15) is 5.75 Å². The van der Waals surface area contributed by atoms with Gasteiger partial charge in [-0.05, 0) is 71.1 Å². The summed E-state index contributed by atoms with van der Waals surface area (Å²) >= 11 is 3.48. The molecule has 132 valence electrons. The number of carbonyl (C=O) groups excluding carboxylic acids is 1. The normalized spacial score (nSPS) is 10.9. The Kier molecular flexibility index (Phi) is 7.19. The van der Waals surface area contributed by atoms with Crippen molar-refractivity contribution in [2.24, 2.45) is 5.10 Å². The van der Waals surface area contributed by atoms with Crippen molar-refractivity contribution in [3.63, 3.8) is 0 Å². The van der Waals surface area contributed by atoms with Crippen LogP contribution >= 0.6 is 15.9 Å². The SMILES string of the molecule is CCCOc1ccc(/C=N\NC(=O)Cc2ccc(C)cc2C)cc1Br. The first-order valence-electron chi connectivity index (χ1n) is 8.30. The van der Waals surface area contributed by atoms with Crippen LogP contribution < -0.4 is 10.2 Å². The highest BCUT2D eigenvalue weighted by molar-refractivity contribution is 9.10. The van der Waals surface area contributed by atoms with Gasteiger partial charge in [0, 0.05) is 0 Å². The number of aryl methyl sites for hydroxylation is 2. The average Bonchev–Trinajstić information content (AvgIpc) is 2.57. The quantitative estimate of drug-likeness (QED) is 0.545. The molecule has 5 heteroatoms. The summed E-state index contributed by atoms with van der Waals surface area (Å²) < 4.78 is 6.48. The molecular weight excluding hydrogens is 380 g/mol. The van der Waals surface area contributed by atoms with E-state index in [2.05, 4.69) is 39.4 Å². The van der Waals surface area contributed by atoms with E-state index >= 15 is 0 Å². The number of ether oxygens (including phenoxy) is 1. The van der Waals surface area contributed by atoms with Crippen molar-refractivity contribution in [3.05, 3.63) is 63.1 Å². The van der Waals surface area contributed by atoms with E-state index in [-0.39, 0.29) is 5.91 Å². The predicted molar refractivity (Wildman–Crippen MR) is 105 cm³/mol. The lowest BCUT2D eigenvalue weighted by molar-refractivity contribution is -0.120. The molecule has 2 rings (SSSR count). The molecule has 0 aliphatic heterocycles. The monoisotopic (exact) mass is 402 g/mol. The lowest BCUT2D eigenvalue weighted by Gasteiger charge is -2.07. The molecule has 4 nitrogen and oxygen atoms in total. The Labute approximate surface area is 157 Å². The Morgan fingerprint density at radius 1 is 1.24 bits per heavy atom. The van der Waals surface area contributed by atoms with Gasteiger partial charge in [-0.2, -0.15) is 5.10 Å². The Bertz CT molecular complexity index is 772.